The lowest BCUT2D eigenvalue weighted by molar-refractivity contribution is -0.115. The van der Waals surface area contributed by atoms with E-state index in [0.29, 0.717) is 29.0 Å². The van der Waals surface area contributed by atoms with E-state index in [1.807, 2.05) is 6.07 Å². The molecule has 0 bridgehead atoms. The predicted octanol–water partition coefficient (Wildman–Crippen LogP) is 3.87. The topological polar surface area (TPSA) is 114 Å². The summed E-state index contributed by atoms with van der Waals surface area (Å²) in [6.07, 6.45) is 0.749. The third-order valence-electron chi connectivity index (χ3n) is 6.21. The molecule has 0 spiro atoms. The molecule has 1 aromatic heterocycles. The average molecular weight is 544 g/mol. The molecule has 0 saturated heterocycles. The number of ketones is 1. The van der Waals surface area contributed by atoms with Gasteiger partial charge in [0, 0.05) is 25.6 Å². The molecule has 11 heteroatoms. The molecular weight excluding hydrogens is 517 g/mol. The normalized spacial score (nSPS) is 15.2. The lowest BCUT2D eigenvalue weighted by Crippen LogP contribution is -2.23. The molecule has 194 valence electrons. The molecule has 1 unspecified atom stereocenters. The van der Waals surface area contributed by atoms with Crippen LogP contribution in [-0.4, -0.2) is 55.7 Å². The lowest BCUT2D eigenvalue weighted by atomic mass is 9.84. The van der Waals surface area contributed by atoms with Crippen LogP contribution < -0.4 is 5.32 Å². The van der Waals surface area contributed by atoms with Gasteiger partial charge in [0.15, 0.2) is 20.8 Å². The van der Waals surface area contributed by atoms with Crippen molar-refractivity contribution in [2.24, 2.45) is 0 Å². The molecule has 37 heavy (non-hydrogen) atoms. The Bertz CT molecular complexity index is 1500. The van der Waals surface area contributed by atoms with E-state index in [9.17, 15) is 27.2 Å². The van der Waals surface area contributed by atoms with Gasteiger partial charge in [-0.25, -0.2) is 17.8 Å². The molecule has 4 rings (SSSR count). The van der Waals surface area contributed by atoms with Gasteiger partial charge in [-0.2, -0.15) is 0 Å². The summed E-state index contributed by atoms with van der Waals surface area (Å²) in [6, 6.07) is 10.5. The minimum absolute atomic E-state index is 0.0529. The Hall–Kier alpha value is -3.44. The van der Waals surface area contributed by atoms with E-state index in [4.69, 9.17) is 0 Å². The molecule has 1 N–H and O–H groups in total. The van der Waals surface area contributed by atoms with Gasteiger partial charge >= 0.3 is 0 Å². The average Bonchev–Trinajstić information content (AvgIpc) is 3.28. The highest BCUT2D eigenvalue weighted by molar-refractivity contribution is 7.91. The van der Waals surface area contributed by atoms with Crippen molar-refractivity contribution >= 4 is 43.9 Å². The minimum atomic E-state index is -3.56. The number of Topliss-reactive ketones (excluding diaryl/α,β-unsaturated/α-hetero) is 1. The van der Waals surface area contributed by atoms with Gasteiger partial charge in [-0.1, -0.05) is 36.5 Å². The van der Waals surface area contributed by atoms with Crippen LogP contribution in [0.25, 0.3) is 0 Å². The Morgan fingerprint density at radius 2 is 1.95 bits per heavy atom. The molecule has 2 aromatic carbocycles. The Morgan fingerprint density at radius 1 is 1.19 bits per heavy atom. The van der Waals surface area contributed by atoms with Gasteiger partial charge < -0.3 is 10.2 Å². The number of halogens is 1. The van der Waals surface area contributed by atoms with Crippen LogP contribution in [0.2, 0.25) is 0 Å². The number of benzene rings is 2. The fourth-order valence-corrected chi connectivity index (χ4v) is 6.08. The number of amides is 2. The number of nitrogens with one attached hydrogen (secondary N) is 1. The fourth-order valence-electron chi connectivity index (χ4n) is 4.17. The van der Waals surface area contributed by atoms with Crippen molar-refractivity contribution < 1.29 is 27.2 Å². The smallest absolute Gasteiger partial charge is 0.253 e. The largest absolute Gasteiger partial charge is 0.345 e. The molecule has 1 atom stereocenters. The lowest BCUT2D eigenvalue weighted by Gasteiger charge is -2.21. The first-order valence-electron chi connectivity index (χ1n) is 11.7. The van der Waals surface area contributed by atoms with Crippen LogP contribution in [0.4, 0.5) is 9.52 Å². The first-order valence-corrected chi connectivity index (χ1v) is 14.1. The number of anilines is 1. The molecule has 1 aliphatic rings. The van der Waals surface area contributed by atoms with Gasteiger partial charge in [0.25, 0.3) is 5.91 Å². The van der Waals surface area contributed by atoms with Crippen LogP contribution in [0.5, 0.6) is 0 Å². The highest BCUT2D eigenvalue weighted by Crippen LogP contribution is 2.37. The van der Waals surface area contributed by atoms with Gasteiger partial charge in [-0.05, 0) is 48.2 Å². The molecule has 0 fully saturated rings. The number of thiazole rings is 1. The molecule has 8 nitrogen and oxygen atoms in total. The van der Waals surface area contributed by atoms with E-state index in [1.165, 1.54) is 24.0 Å². The first kappa shape index (κ1) is 26.6. The van der Waals surface area contributed by atoms with Gasteiger partial charge in [-0.15, -0.1) is 0 Å². The quantitative estimate of drug-likeness (QED) is 0.484. The number of aryl methyl sites for hydroxylation is 1. The summed E-state index contributed by atoms with van der Waals surface area (Å²) in [5.41, 5.74) is 1.91. The van der Waals surface area contributed by atoms with Gasteiger partial charge in [-0.3, -0.25) is 14.4 Å². The first-order chi connectivity index (χ1) is 17.5. The molecule has 0 saturated carbocycles. The Labute approximate surface area is 218 Å². The molecule has 0 radical (unpaired) electrons. The number of hydrogen-bond donors (Lipinski definition) is 1. The fraction of sp³-hybridized carbons (Fsp3) is 0.308. The summed E-state index contributed by atoms with van der Waals surface area (Å²) in [5.74, 6) is -2.15. The standard InChI is InChI=1S/C26H26FN3O5S2/c1-4-37(34,35)18-9-8-16(20(27)14-18)13-22(31)29-26-28-21-11-10-19(23(32)24(21)36-26)15-6-5-7-17(12-15)25(33)30(2)3/h5-9,12,14,19H,4,10-11,13H2,1-3H3,(H,28,29,31). The van der Waals surface area contributed by atoms with Gasteiger partial charge in [0.1, 0.15) is 5.82 Å². The summed E-state index contributed by atoms with van der Waals surface area (Å²) in [6.45, 7) is 1.47. The van der Waals surface area contributed by atoms with Crippen LogP contribution in [0.3, 0.4) is 0 Å². The van der Waals surface area contributed by atoms with Crippen molar-refractivity contribution in [1.29, 1.82) is 0 Å². The van der Waals surface area contributed by atoms with E-state index in [-0.39, 0.29) is 39.5 Å². The number of fused-ring (bicyclic) bond motifs is 1. The second-order valence-electron chi connectivity index (χ2n) is 8.96. The van der Waals surface area contributed by atoms with E-state index in [1.54, 1.807) is 32.3 Å². The second-order valence-corrected chi connectivity index (χ2v) is 12.2. The van der Waals surface area contributed by atoms with Crippen molar-refractivity contribution in [3.05, 3.63) is 75.5 Å². The Morgan fingerprint density at radius 3 is 2.62 bits per heavy atom. The molecule has 1 aliphatic carbocycles. The third-order valence-corrected chi connectivity index (χ3v) is 8.97. The second kappa shape index (κ2) is 10.5. The molecule has 2 amide bonds. The van der Waals surface area contributed by atoms with Crippen LogP contribution in [-0.2, 0) is 27.5 Å². The number of carbonyl (C=O) groups is 3. The van der Waals surface area contributed by atoms with Crippen LogP contribution in [0.1, 0.15) is 56.1 Å². The summed E-state index contributed by atoms with van der Waals surface area (Å²) < 4.78 is 38.3. The van der Waals surface area contributed by atoms with Crippen LogP contribution in [0.15, 0.2) is 47.4 Å². The molecule has 3 aromatic rings. The van der Waals surface area contributed by atoms with Crippen molar-refractivity contribution in [2.45, 2.75) is 37.0 Å². The number of carbonyl (C=O) groups excluding carboxylic acids is 3. The third kappa shape index (κ3) is 5.62. The zero-order valence-corrected chi connectivity index (χ0v) is 22.2. The highest BCUT2D eigenvalue weighted by Gasteiger charge is 2.32. The molecule has 1 heterocycles. The summed E-state index contributed by atoms with van der Waals surface area (Å²) >= 11 is 1.07. The van der Waals surface area contributed by atoms with Crippen LogP contribution in [0, 0.1) is 5.82 Å². The van der Waals surface area contributed by atoms with E-state index < -0.39 is 27.5 Å². The molecular formula is C26H26FN3O5S2. The van der Waals surface area contributed by atoms with Gasteiger partial charge in [0.2, 0.25) is 5.91 Å². The summed E-state index contributed by atoms with van der Waals surface area (Å²) in [4.78, 5) is 44.4. The zero-order valence-electron chi connectivity index (χ0n) is 20.6. The maximum absolute atomic E-state index is 14.5. The monoisotopic (exact) mass is 543 g/mol. The van der Waals surface area contributed by atoms with Gasteiger partial charge in [0.05, 0.1) is 27.6 Å². The zero-order chi connectivity index (χ0) is 26.9. The van der Waals surface area contributed by atoms with Crippen molar-refractivity contribution in [3.8, 4) is 0 Å². The Balaban J connectivity index is 1.47. The van der Waals surface area contributed by atoms with Crippen LogP contribution >= 0.6 is 11.3 Å². The highest BCUT2D eigenvalue weighted by atomic mass is 32.2. The number of sulfone groups is 1. The van der Waals surface area contributed by atoms with E-state index in [2.05, 4.69) is 10.3 Å². The van der Waals surface area contributed by atoms with E-state index in [0.717, 1.165) is 23.0 Å². The van der Waals surface area contributed by atoms with Crippen molar-refractivity contribution in [1.82, 2.24) is 9.88 Å². The molecule has 0 aliphatic heterocycles. The SMILES string of the molecule is CCS(=O)(=O)c1ccc(CC(=O)Nc2nc3c(s2)C(=O)C(c2cccc(C(=O)N(C)C)c2)CC3)c(F)c1. The predicted molar refractivity (Wildman–Crippen MR) is 138 cm³/mol. The maximum atomic E-state index is 14.5. The van der Waals surface area contributed by atoms with E-state index >= 15 is 0 Å². The van der Waals surface area contributed by atoms with Crippen molar-refractivity contribution in [3.63, 3.8) is 0 Å². The maximum Gasteiger partial charge on any atom is 0.253 e. The minimum Gasteiger partial charge on any atom is -0.345 e. The Kier molecular flexibility index (Phi) is 7.56. The number of aromatic nitrogens is 1. The summed E-state index contributed by atoms with van der Waals surface area (Å²) in [7, 11) is -0.222. The number of rotatable bonds is 7. The number of nitrogens with zero attached hydrogens (tertiary/aromatic N) is 2. The van der Waals surface area contributed by atoms with Crippen molar-refractivity contribution in [2.75, 3.05) is 25.2 Å². The summed E-state index contributed by atoms with van der Waals surface area (Å²) in [5, 5.41) is 2.87. The number of hydrogen-bond acceptors (Lipinski definition) is 7.